The van der Waals surface area contributed by atoms with Crippen molar-refractivity contribution in [1.82, 2.24) is 10.3 Å². The minimum absolute atomic E-state index is 0.0534. The van der Waals surface area contributed by atoms with Crippen molar-refractivity contribution in [1.29, 1.82) is 0 Å². The van der Waals surface area contributed by atoms with E-state index in [1.54, 1.807) is 12.4 Å². The van der Waals surface area contributed by atoms with E-state index in [-0.39, 0.29) is 5.91 Å². The van der Waals surface area contributed by atoms with Crippen LogP contribution in [0.4, 0.5) is 5.69 Å². The van der Waals surface area contributed by atoms with Crippen LogP contribution in [0.1, 0.15) is 28.4 Å². The Bertz CT molecular complexity index is 582. The summed E-state index contributed by atoms with van der Waals surface area (Å²) in [5.74, 6) is -0.0534. The second-order valence-corrected chi connectivity index (χ2v) is 4.60. The third-order valence-corrected chi connectivity index (χ3v) is 3.05. The van der Waals surface area contributed by atoms with Crippen LogP contribution in [0, 0.1) is 6.92 Å². The number of nitrogens with one attached hydrogen (secondary N) is 2. The Kier molecular flexibility index (Phi) is 4.71. The molecule has 1 aromatic carbocycles. The maximum atomic E-state index is 12.2. The fraction of sp³-hybridized carbons (Fsp3) is 0.250. The lowest BCUT2D eigenvalue weighted by molar-refractivity contribution is 0.0950. The molecule has 0 spiro atoms. The summed E-state index contributed by atoms with van der Waals surface area (Å²) in [6, 6.07) is 9.56. The van der Waals surface area contributed by atoms with Crippen molar-refractivity contribution in [2.24, 2.45) is 0 Å². The first kappa shape index (κ1) is 14.1. The fourth-order valence-electron chi connectivity index (χ4n) is 2.01. The molecule has 4 heteroatoms. The zero-order chi connectivity index (χ0) is 14.4. The lowest BCUT2D eigenvalue weighted by Gasteiger charge is -2.10. The SMILES string of the molecule is CCNc1ccc(C(=O)NCc2ccncc2)c(C)c1. The molecule has 0 aliphatic carbocycles. The van der Waals surface area contributed by atoms with Gasteiger partial charge in [-0.25, -0.2) is 0 Å². The number of hydrogen-bond acceptors (Lipinski definition) is 3. The van der Waals surface area contributed by atoms with Gasteiger partial charge >= 0.3 is 0 Å². The van der Waals surface area contributed by atoms with Crippen LogP contribution >= 0.6 is 0 Å². The summed E-state index contributed by atoms with van der Waals surface area (Å²) in [6.45, 7) is 5.37. The van der Waals surface area contributed by atoms with E-state index in [1.807, 2.05) is 44.2 Å². The lowest BCUT2D eigenvalue weighted by atomic mass is 10.1. The van der Waals surface area contributed by atoms with Crippen molar-refractivity contribution >= 4 is 11.6 Å². The molecule has 0 aliphatic rings. The molecule has 0 aliphatic heterocycles. The molecule has 0 saturated heterocycles. The average Bonchev–Trinajstić information content (AvgIpc) is 2.46. The molecule has 1 heterocycles. The summed E-state index contributed by atoms with van der Waals surface area (Å²) in [4.78, 5) is 16.1. The van der Waals surface area contributed by atoms with Crippen LogP contribution in [0.25, 0.3) is 0 Å². The molecular formula is C16H19N3O. The van der Waals surface area contributed by atoms with E-state index < -0.39 is 0 Å². The van der Waals surface area contributed by atoms with E-state index in [4.69, 9.17) is 0 Å². The van der Waals surface area contributed by atoms with Gasteiger partial charge in [-0.1, -0.05) is 0 Å². The minimum Gasteiger partial charge on any atom is -0.385 e. The normalized spacial score (nSPS) is 10.1. The van der Waals surface area contributed by atoms with Crippen LogP contribution in [0.2, 0.25) is 0 Å². The summed E-state index contributed by atoms with van der Waals surface area (Å²) in [5, 5.41) is 6.15. The second kappa shape index (κ2) is 6.70. The molecule has 4 nitrogen and oxygen atoms in total. The van der Waals surface area contributed by atoms with Crippen LogP contribution in [0.5, 0.6) is 0 Å². The highest BCUT2D eigenvalue weighted by molar-refractivity contribution is 5.96. The number of nitrogens with zero attached hydrogens (tertiary/aromatic N) is 1. The number of hydrogen-bond donors (Lipinski definition) is 2. The molecule has 0 atom stereocenters. The third kappa shape index (κ3) is 3.57. The Balaban J connectivity index is 2.02. The highest BCUT2D eigenvalue weighted by Gasteiger charge is 2.09. The molecule has 0 unspecified atom stereocenters. The zero-order valence-electron chi connectivity index (χ0n) is 11.8. The minimum atomic E-state index is -0.0534. The van der Waals surface area contributed by atoms with E-state index in [0.29, 0.717) is 12.1 Å². The standard InChI is InChI=1S/C16H19N3O/c1-3-18-14-4-5-15(12(2)10-14)16(20)19-11-13-6-8-17-9-7-13/h4-10,18H,3,11H2,1-2H3,(H,19,20). The molecule has 0 saturated carbocycles. The monoisotopic (exact) mass is 269 g/mol. The van der Waals surface area contributed by atoms with Gasteiger partial charge in [-0.15, -0.1) is 0 Å². The molecule has 2 aromatic rings. The van der Waals surface area contributed by atoms with Crippen LogP contribution in [0.15, 0.2) is 42.7 Å². The quantitative estimate of drug-likeness (QED) is 0.877. The van der Waals surface area contributed by atoms with Crippen LogP contribution < -0.4 is 10.6 Å². The van der Waals surface area contributed by atoms with Crippen molar-refractivity contribution in [2.75, 3.05) is 11.9 Å². The number of benzene rings is 1. The lowest BCUT2D eigenvalue weighted by Crippen LogP contribution is -2.23. The molecule has 0 fully saturated rings. The van der Waals surface area contributed by atoms with Gasteiger partial charge in [0.25, 0.3) is 5.91 Å². The number of carbonyl (C=O) groups excluding carboxylic acids is 1. The Morgan fingerprint density at radius 3 is 2.60 bits per heavy atom. The van der Waals surface area contributed by atoms with Crippen molar-refractivity contribution in [3.8, 4) is 0 Å². The first-order valence-electron chi connectivity index (χ1n) is 6.72. The molecule has 2 N–H and O–H groups in total. The zero-order valence-corrected chi connectivity index (χ0v) is 11.8. The van der Waals surface area contributed by atoms with Crippen molar-refractivity contribution in [3.63, 3.8) is 0 Å². The predicted molar refractivity (Wildman–Crippen MR) is 80.7 cm³/mol. The molecule has 104 valence electrons. The Morgan fingerprint density at radius 1 is 1.20 bits per heavy atom. The number of amides is 1. The van der Waals surface area contributed by atoms with E-state index in [1.165, 1.54) is 0 Å². The number of rotatable bonds is 5. The summed E-state index contributed by atoms with van der Waals surface area (Å²) in [5.41, 5.74) is 3.75. The summed E-state index contributed by atoms with van der Waals surface area (Å²) < 4.78 is 0. The summed E-state index contributed by atoms with van der Waals surface area (Å²) in [7, 11) is 0. The van der Waals surface area contributed by atoms with E-state index in [0.717, 1.165) is 23.4 Å². The van der Waals surface area contributed by atoms with Gasteiger partial charge in [0.2, 0.25) is 0 Å². The Morgan fingerprint density at radius 2 is 1.95 bits per heavy atom. The van der Waals surface area contributed by atoms with Crippen molar-refractivity contribution in [2.45, 2.75) is 20.4 Å². The Hall–Kier alpha value is -2.36. The van der Waals surface area contributed by atoms with Gasteiger partial charge in [0, 0.05) is 36.7 Å². The average molecular weight is 269 g/mol. The van der Waals surface area contributed by atoms with Crippen LogP contribution in [-0.4, -0.2) is 17.4 Å². The fourth-order valence-corrected chi connectivity index (χ4v) is 2.01. The highest BCUT2D eigenvalue weighted by Crippen LogP contribution is 2.15. The molecule has 20 heavy (non-hydrogen) atoms. The molecule has 1 amide bonds. The third-order valence-electron chi connectivity index (χ3n) is 3.05. The van der Waals surface area contributed by atoms with Gasteiger partial charge < -0.3 is 10.6 Å². The van der Waals surface area contributed by atoms with E-state index >= 15 is 0 Å². The first-order chi connectivity index (χ1) is 9.70. The van der Waals surface area contributed by atoms with Gasteiger partial charge in [0.1, 0.15) is 0 Å². The highest BCUT2D eigenvalue weighted by atomic mass is 16.1. The molecule has 1 aromatic heterocycles. The molecular weight excluding hydrogens is 250 g/mol. The van der Waals surface area contributed by atoms with Crippen molar-refractivity contribution < 1.29 is 4.79 Å². The van der Waals surface area contributed by atoms with E-state index in [9.17, 15) is 4.79 Å². The number of carbonyl (C=O) groups is 1. The number of aryl methyl sites for hydroxylation is 1. The summed E-state index contributed by atoms with van der Waals surface area (Å²) >= 11 is 0. The van der Waals surface area contributed by atoms with Gasteiger partial charge in [-0.3, -0.25) is 9.78 Å². The van der Waals surface area contributed by atoms with Gasteiger partial charge in [-0.2, -0.15) is 0 Å². The first-order valence-corrected chi connectivity index (χ1v) is 6.72. The second-order valence-electron chi connectivity index (χ2n) is 4.60. The number of pyridine rings is 1. The van der Waals surface area contributed by atoms with Crippen LogP contribution in [0.3, 0.4) is 0 Å². The number of anilines is 1. The van der Waals surface area contributed by atoms with Gasteiger partial charge in [0.05, 0.1) is 0 Å². The molecule has 0 bridgehead atoms. The van der Waals surface area contributed by atoms with Gasteiger partial charge in [0.15, 0.2) is 0 Å². The largest absolute Gasteiger partial charge is 0.385 e. The predicted octanol–water partition coefficient (Wildman–Crippen LogP) is 2.75. The topological polar surface area (TPSA) is 54.0 Å². The Labute approximate surface area is 119 Å². The van der Waals surface area contributed by atoms with Crippen molar-refractivity contribution in [3.05, 3.63) is 59.4 Å². The maximum absolute atomic E-state index is 12.2. The molecule has 2 rings (SSSR count). The van der Waals surface area contributed by atoms with Crippen LogP contribution in [-0.2, 0) is 6.54 Å². The van der Waals surface area contributed by atoms with E-state index in [2.05, 4.69) is 15.6 Å². The number of aromatic nitrogens is 1. The van der Waals surface area contributed by atoms with Gasteiger partial charge in [-0.05, 0) is 55.3 Å². The summed E-state index contributed by atoms with van der Waals surface area (Å²) in [6.07, 6.45) is 3.44. The maximum Gasteiger partial charge on any atom is 0.251 e. The molecule has 0 radical (unpaired) electrons. The smallest absolute Gasteiger partial charge is 0.251 e.